The van der Waals surface area contributed by atoms with Crippen LogP contribution in [0.5, 0.6) is 0 Å². The summed E-state index contributed by atoms with van der Waals surface area (Å²) in [4.78, 5) is 65.0. The number of thiol groups is 1. The number of carbonyl (C=O) groups is 5. The molecule has 0 aromatic rings. The van der Waals surface area contributed by atoms with Crippen molar-refractivity contribution in [2.45, 2.75) is 69.3 Å². The Balaban J connectivity index is 5.13. The van der Waals surface area contributed by atoms with Gasteiger partial charge in [0.25, 0.3) is 0 Å². The summed E-state index contributed by atoms with van der Waals surface area (Å²) in [6, 6.07) is -4.88. The van der Waals surface area contributed by atoms with Crippen LogP contribution in [0.2, 0.25) is 0 Å². The maximum atomic E-state index is 12.9. The summed E-state index contributed by atoms with van der Waals surface area (Å²) in [5.74, 6) is -4.65. The molecule has 0 radical (unpaired) electrons. The first-order valence-electron chi connectivity index (χ1n) is 12.0. The first kappa shape index (κ1) is 34.9. The molecule has 0 heterocycles. The highest BCUT2D eigenvalue weighted by Gasteiger charge is 2.31. The highest BCUT2D eigenvalue weighted by atomic mass is 32.1. The van der Waals surface area contributed by atoms with Gasteiger partial charge in [0, 0.05) is 12.3 Å². The third-order valence-corrected chi connectivity index (χ3v) is 5.55. The van der Waals surface area contributed by atoms with Crippen molar-refractivity contribution in [2.24, 2.45) is 27.9 Å². The number of nitrogens with one attached hydrogen (secondary N) is 4. The molecule has 0 saturated carbocycles. The van der Waals surface area contributed by atoms with Crippen LogP contribution < -0.4 is 44.2 Å². The first-order valence-corrected chi connectivity index (χ1v) is 12.7. The van der Waals surface area contributed by atoms with Gasteiger partial charge in [0.05, 0.1) is 18.7 Å². The van der Waals surface area contributed by atoms with E-state index >= 15 is 0 Å². The summed E-state index contributed by atoms with van der Waals surface area (Å²) in [5, 5.41) is 28.5. The van der Waals surface area contributed by atoms with Crippen LogP contribution >= 0.6 is 12.6 Å². The zero-order chi connectivity index (χ0) is 29.3. The van der Waals surface area contributed by atoms with Crippen LogP contribution in [0.1, 0.15) is 39.0 Å². The third-order valence-electron chi connectivity index (χ3n) is 5.19. The van der Waals surface area contributed by atoms with Gasteiger partial charge >= 0.3 is 5.97 Å². The molecule has 0 unspecified atom stereocenters. The molecule has 0 aromatic heterocycles. The van der Waals surface area contributed by atoms with Gasteiger partial charge < -0.3 is 54.4 Å². The van der Waals surface area contributed by atoms with Gasteiger partial charge in [0.1, 0.15) is 18.1 Å². The minimum atomic E-state index is -1.50. The number of unbranched alkanes of at least 4 members (excludes halogenated alkanes) is 1. The number of rotatable bonds is 19. The van der Waals surface area contributed by atoms with E-state index in [4.69, 9.17) is 28.0 Å². The van der Waals surface area contributed by atoms with Gasteiger partial charge in [0.2, 0.25) is 23.6 Å². The number of amides is 4. The average molecular weight is 564 g/mol. The molecule has 4 amide bonds. The SMILES string of the molecule is C[C@@H](O)[C@H](NC(=O)[C@H](CCCCN)NC(=O)CNC(=O)[C@@H](N)CCCN=C(N)N)C(=O)N[C@@H](CS)C(=O)O. The van der Waals surface area contributed by atoms with E-state index in [0.717, 1.165) is 0 Å². The van der Waals surface area contributed by atoms with Crippen molar-refractivity contribution < 1.29 is 34.2 Å². The second-order valence-electron chi connectivity index (χ2n) is 8.49. The molecule has 38 heavy (non-hydrogen) atoms. The summed E-state index contributed by atoms with van der Waals surface area (Å²) >= 11 is 3.86. The Hall–Kier alpha value is -3.15. The van der Waals surface area contributed by atoms with E-state index in [2.05, 4.69) is 38.9 Å². The van der Waals surface area contributed by atoms with Crippen molar-refractivity contribution in [3.05, 3.63) is 0 Å². The second-order valence-corrected chi connectivity index (χ2v) is 8.85. The van der Waals surface area contributed by atoms with Gasteiger partial charge in [-0.3, -0.25) is 24.2 Å². The number of carboxylic acids is 1. The predicted octanol–water partition coefficient (Wildman–Crippen LogP) is -4.54. The summed E-state index contributed by atoms with van der Waals surface area (Å²) in [6.07, 6.45) is 0.479. The highest BCUT2D eigenvalue weighted by molar-refractivity contribution is 7.80. The Morgan fingerprint density at radius 3 is 2.11 bits per heavy atom. The lowest BCUT2D eigenvalue weighted by atomic mass is 10.1. The quantitative estimate of drug-likeness (QED) is 0.0308. The zero-order valence-electron chi connectivity index (χ0n) is 21.4. The first-order chi connectivity index (χ1) is 17.8. The van der Waals surface area contributed by atoms with E-state index < -0.39 is 66.4 Å². The van der Waals surface area contributed by atoms with Crippen LogP contribution in [0.3, 0.4) is 0 Å². The number of aliphatic hydroxyl groups is 1. The minimum absolute atomic E-state index is 0.0766. The van der Waals surface area contributed by atoms with Crippen molar-refractivity contribution >= 4 is 48.2 Å². The Morgan fingerprint density at radius 1 is 0.921 bits per heavy atom. The molecule has 0 spiro atoms. The Bertz CT molecular complexity index is 825. The number of aliphatic carboxylic acids is 1. The minimum Gasteiger partial charge on any atom is -0.480 e. The van der Waals surface area contributed by atoms with Gasteiger partial charge in [-0.15, -0.1) is 0 Å². The predicted molar refractivity (Wildman–Crippen MR) is 143 cm³/mol. The Labute approximate surface area is 226 Å². The molecule has 17 heteroatoms. The standard InChI is InChI=1S/C21H41N9O7S/c1-11(31)16(19(35)29-14(10-38)20(36)37)30-18(34)13(6-2-3-7-22)28-15(32)9-27-17(33)12(23)5-4-8-26-21(24)25/h11-14,16,31,38H,2-10,22-23H2,1H3,(H,27,33)(H,28,32)(H,29,35)(H,30,34)(H,36,37)(H4,24,25,26)/t11-,12+,13+,14+,16+/m1/s1. The van der Waals surface area contributed by atoms with Crippen molar-refractivity contribution in [2.75, 3.05) is 25.4 Å². The molecule has 0 rings (SSSR count). The lowest BCUT2D eigenvalue weighted by Gasteiger charge is -2.26. The van der Waals surface area contributed by atoms with Crippen LogP contribution in [0, 0.1) is 0 Å². The lowest BCUT2D eigenvalue weighted by molar-refractivity contribution is -0.142. The maximum Gasteiger partial charge on any atom is 0.327 e. The van der Waals surface area contributed by atoms with Crippen LogP contribution in [0.4, 0.5) is 0 Å². The average Bonchev–Trinajstić information content (AvgIpc) is 2.85. The number of carboxylic acid groups (broad SMARTS) is 1. The molecular weight excluding hydrogens is 522 g/mol. The Morgan fingerprint density at radius 2 is 1.58 bits per heavy atom. The molecule has 0 saturated heterocycles. The number of hydrogen-bond acceptors (Lipinski definition) is 10. The maximum absolute atomic E-state index is 12.9. The van der Waals surface area contributed by atoms with Crippen LogP contribution in [-0.4, -0.2) is 101 Å². The number of carbonyl (C=O) groups excluding carboxylic acids is 4. The normalized spacial score (nSPS) is 14.7. The van der Waals surface area contributed by atoms with Crippen molar-refractivity contribution in [3.63, 3.8) is 0 Å². The fourth-order valence-electron chi connectivity index (χ4n) is 3.06. The summed E-state index contributed by atoms with van der Waals surface area (Å²) in [5.41, 5.74) is 21.7. The molecule has 5 atom stereocenters. The fourth-order valence-corrected chi connectivity index (χ4v) is 3.31. The monoisotopic (exact) mass is 563 g/mol. The van der Waals surface area contributed by atoms with Gasteiger partial charge in [-0.25, -0.2) is 4.79 Å². The zero-order valence-corrected chi connectivity index (χ0v) is 22.3. The van der Waals surface area contributed by atoms with E-state index in [-0.39, 0.29) is 24.6 Å². The van der Waals surface area contributed by atoms with Gasteiger partial charge in [-0.05, 0) is 45.6 Å². The summed E-state index contributed by atoms with van der Waals surface area (Å²) < 4.78 is 0. The number of aliphatic imine (C=N–C) groups is 1. The molecule has 0 aliphatic heterocycles. The van der Waals surface area contributed by atoms with Crippen LogP contribution in [0.25, 0.3) is 0 Å². The molecule has 0 aliphatic rings. The van der Waals surface area contributed by atoms with Crippen molar-refractivity contribution in [1.82, 2.24) is 21.3 Å². The van der Waals surface area contributed by atoms with E-state index in [1.54, 1.807) is 0 Å². The molecule has 14 N–H and O–H groups in total. The molecule has 0 fully saturated rings. The molecule has 0 aromatic carbocycles. The number of aliphatic hydroxyl groups excluding tert-OH is 1. The van der Waals surface area contributed by atoms with Crippen molar-refractivity contribution in [3.8, 4) is 0 Å². The van der Waals surface area contributed by atoms with Crippen LogP contribution in [0.15, 0.2) is 4.99 Å². The molecule has 218 valence electrons. The van der Waals surface area contributed by atoms with Crippen molar-refractivity contribution in [1.29, 1.82) is 0 Å². The lowest BCUT2D eigenvalue weighted by Crippen LogP contribution is -2.59. The molecule has 16 nitrogen and oxygen atoms in total. The topological polar surface area (TPSA) is 290 Å². The van der Waals surface area contributed by atoms with Crippen LogP contribution in [-0.2, 0) is 24.0 Å². The van der Waals surface area contributed by atoms with E-state index in [1.165, 1.54) is 6.92 Å². The van der Waals surface area contributed by atoms with Gasteiger partial charge in [0.15, 0.2) is 5.96 Å². The van der Waals surface area contributed by atoms with Gasteiger partial charge in [-0.2, -0.15) is 12.6 Å². The smallest absolute Gasteiger partial charge is 0.327 e. The summed E-state index contributed by atoms with van der Waals surface area (Å²) in [7, 11) is 0. The Kier molecular flexibility index (Phi) is 17.4. The van der Waals surface area contributed by atoms with Gasteiger partial charge in [-0.1, -0.05) is 0 Å². The summed E-state index contributed by atoms with van der Waals surface area (Å²) in [6.45, 7) is 1.40. The fraction of sp³-hybridized carbons (Fsp3) is 0.714. The third kappa shape index (κ3) is 14.6. The molecular formula is C21H41N9O7S. The number of guanidine groups is 1. The molecule has 0 bridgehead atoms. The van der Waals surface area contributed by atoms with E-state index in [9.17, 15) is 29.1 Å². The van der Waals surface area contributed by atoms with E-state index in [0.29, 0.717) is 32.4 Å². The number of nitrogens with two attached hydrogens (primary N) is 4. The number of hydrogen-bond donors (Lipinski definition) is 11. The van der Waals surface area contributed by atoms with E-state index in [1.807, 2.05) is 0 Å². The highest BCUT2D eigenvalue weighted by Crippen LogP contribution is 2.04. The largest absolute Gasteiger partial charge is 0.480 e. The number of nitrogens with zero attached hydrogens (tertiary/aromatic N) is 1. The second kappa shape index (κ2) is 19.0. The molecule has 0 aliphatic carbocycles.